The third-order valence-corrected chi connectivity index (χ3v) is 6.52. The first-order valence-electron chi connectivity index (χ1n) is 7.15. The summed E-state index contributed by atoms with van der Waals surface area (Å²) in [5, 5.41) is -0.826. The molecule has 2 aromatic carbocycles. The van der Waals surface area contributed by atoms with E-state index in [1.807, 2.05) is 13.0 Å². The zero-order valence-corrected chi connectivity index (χ0v) is 15.1. The quantitative estimate of drug-likeness (QED) is 0.812. The van der Waals surface area contributed by atoms with E-state index in [9.17, 15) is 13.2 Å². The summed E-state index contributed by atoms with van der Waals surface area (Å²) in [6, 6.07) is 13.9. The number of primary amides is 1. The Balaban J connectivity index is 2.50. The van der Waals surface area contributed by atoms with Gasteiger partial charge in [-0.05, 0) is 37.1 Å². The molecule has 4 nitrogen and oxygen atoms in total. The van der Waals surface area contributed by atoms with E-state index < -0.39 is 21.0 Å². The fraction of sp³-hybridized carbons (Fsp3) is 0.235. The third-order valence-electron chi connectivity index (χ3n) is 3.63. The fourth-order valence-corrected chi connectivity index (χ4v) is 4.90. The second-order valence-corrected chi connectivity index (χ2v) is 8.36. The minimum atomic E-state index is -3.63. The molecule has 0 bridgehead atoms. The van der Waals surface area contributed by atoms with E-state index in [1.165, 1.54) is 0 Å². The second-order valence-electron chi connectivity index (χ2n) is 5.37. The highest BCUT2D eigenvalue weighted by Gasteiger charge is 2.30. The van der Waals surface area contributed by atoms with E-state index >= 15 is 0 Å². The topological polar surface area (TPSA) is 77.2 Å². The van der Waals surface area contributed by atoms with Crippen molar-refractivity contribution in [3.8, 4) is 0 Å². The standard InChI is InChI=1S/C17H18BrNO3S/c1-12-6-8-13(9-7-12)23(21,22)16(10-11-17(19)20)14-4-2-3-5-15(14)18/h2-9,16H,10-11H2,1H3,(H2,19,20). The minimum absolute atomic E-state index is 0.0110. The number of hydrogen-bond donors (Lipinski definition) is 1. The highest BCUT2D eigenvalue weighted by molar-refractivity contribution is 9.10. The van der Waals surface area contributed by atoms with Gasteiger partial charge in [-0.1, -0.05) is 51.8 Å². The van der Waals surface area contributed by atoms with Crippen LogP contribution in [0.4, 0.5) is 0 Å². The Morgan fingerprint density at radius 2 is 1.74 bits per heavy atom. The number of rotatable bonds is 6. The molecular formula is C17H18BrNO3S. The molecule has 0 aliphatic heterocycles. The Labute approximate surface area is 144 Å². The first-order chi connectivity index (χ1) is 10.8. The Bertz CT molecular complexity index is 801. The van der Waals surface area contributed by atoms with Crippen LogP contribution in [0.3, 0.4) is 0 Å². The van der Waals surface area contributed by atoms with Crippen molar-refractivity contribution < 1.29 is 13.2 Å². The summed E-state index contributed by atoms with van der Waals surface area (Å²) in [7, 11) is -3.63. The van der Waals surface area contributed by atoms with Crippen LogP contribution in [-0.2, 0) is 14.6 Å². The molecule has 0 saturated heterocycles. The predicted octanol–water partition coefficient (Wildman–Crippen LogP) is 3.54. The van der Waals surface area contributed by atoms with Gasteiger partial charge >= 0.3 is 0 Å². The van der Waals surface area contributed by atoms with Crippen LogP contribution in [0.5, 0.6) is 0 Å². The van der Waals surface area contributed by atoms with Crippen molar-refractivity contribution in [1.29, 1.82) is 0 Å². The average Bonchev–Trinajstić information content (AvgIpc) is 2.49. The molecule has 0 aromatic heterocycles. The van der Waals surface area contributed by atoms with Crippen LogP contribution in [0.2, 0.25) is 0 Å². The van der Waals surface area contributed by atoms with Gasteiger partial charge in [-0.25, -0.2) is 8.42 Å². The molecule has 0 aliphatic carbocycles. The molecule has 0 spiro atoms. The van der Waals surface area contributed by atoms with E-state index in [2.05, 4.69) is 15.9 Å². The molecule has 0 heterocycles. The van der Waals surface area contributed by atoms with Crippen molar-refractivity contribution in [3.05, 3.63) is 64.1 Å². The molecule has 23 heavy (non-hydrogen) atoms. The Morgan fingerprint density at radius 1 is 1.13 bits per heavy atom. The summed E-state index contributed by atoms with van der Waals surface area (Å²) in [4.78, 5) is 11.4. The smallest absolute Gasteiger partial charge is 0.217 e. The SMILES string of the molecule is Cc1ccc(S(=O)(=O)C(CCC(N)=O)c2ccccc2Br)cc1. The highest BCUT2D eigenvalue weighted by Crippen LogP contribution is 2.36. The maximum absolute atomic E-state index is 13.0. The van der Waals surface area contributed by atoms with Crippen LogP contribution in [0.25, 0.3) is 0 Å². The van der Waals surface area contributed by atoms with Crippen molar-refractivity contribution in [3.63, 3.8) is 0 Å². The highest BCUT2D eigenvalue weighted by atomic mass is 79.9. The Hall–Kier alpha value is -1.66. The predicted molar refractivity (Wildman–Crippen MR) is 93.7 cm³/mol. The van der Waals surface area contributed by atoms with E-state index in [4.69, 9.17) is 5.73 Å². The number of nitrogens with two attached hydrogens (primary N) is 1. The van der Waals surface area contributed by atoms with Gasteiger partial charge in [0.05, 0.1) is 10.1 Å². The van der Waals surface area contributed by atoms with E-state index in [-0.39, 0.29) is 17.7 Å². The number of aryl methyl sites for hydroxylation is 1. The van der Waals surface area contributed by atoms with Crippen LogP contribution in [-0.4, -0.2) is 14.3 Å². The van der Waals surface area contributed by atoms with Crippen LogP contribution < -0.4 is 5.73 Å². The summed E-state index contributed by atoms with van der Waals surface area (Å²) < 4.78 is 26.8. The van der Waals surface area contributed by atoms with E-state index in [0.29, 0.717) is 10.0 Å². The number of hydrogen-bond acceptors (Lipinski definition) is 3. The summed E-state index contributed by atoms with van der Waals surface area (Å²) in [6.07, 6.45) is 0.158. The first kappa shape index (κ1) is 17.7. The van der Waals surface area contributed by atoms with Crippen molar-refractivity contribution in [2.75, 3.05) is 0 Å². The van der Waals surface area contributed by atoms with Crippen molar-refractivity contribution >= 4 is 31.7 Å². The summed E-state index contributed by atoms with van der Waals surface area (Å²) in [5.74, 6) is -0.513. The van der Waals surface area contributed by atoms with Gasteiger partial charge in [0.1, 0.15) is 0 Å². The van der Waals surface area contributed by atoms with E-state index in [1.54, 1.807) is 42.5 Å². The molecule has 0 aliphatic rings. The summed E-state index contributed by atoms with van der Waals surface area (Å²) >= 11 is 3.40. The third kappa shape index (κ3) is 4.20. The average molecular weight is 396 g/mol. The monoisotopic (exact) mass is 395 g/mol. The molecule has 2 N–H and O–H groups in total. The summed E-state index contributed by atoms with van der Waals surface area (Å²) in [6.45, 7) is 1.90. The van der Waals surface area contributed by atoms with Gasteiger partial charge < -0.3 is 5.73 Å². The molecule has 1 amide bonds. The maximum Gasteiger partial charge on any atom is 0.217 e. The lowest BCUT2D eigenvalue weighted by atomic mass is 10.1. The molecule has 6 heteroatoms. The molecule has 1 atom stereocenters. The van der Waals surface area contributed by atoms with Gasteiger partial charge in [0.25, 0.3) is 0 Å². The lowest BCUT2D eigenvalue weighted by molar-refractivity contribution is -0.118. The maximum atomic E-state index is 13.0. The minimum Gasteiger partial charge on any atom is -0.370 e. The molecular weight excluding hydrogens is 378 g/mol. The largest absolute Gasteiger partial charge is 0.370 e. The van der Waals surface area contributed by atoms with Gasteiger partial charge in [0.15, 0.2) is 9.84 Å². The zero-order valence-electron chi connectivity index (χ0n) is 12.7. The molecule has 0 radical (unpaired) electrons. The number of carbonyl (C=O) groups excluding carboxylic acids is 1. The van der Waals surface area contributed by atoms with Crippen molar-refractivity contribution in [2.24, 2.45) is 5.73 Å². The van der Waals surface area contributed by atoms with Crippen LogP contribution in [0, 0.1) is 6.92 Å². The fourth-order valence-electron chi connectivity index (χ4n) is 2.38. The number of amides is 1. The van der Waals surface area contributed by atoms with E-state index in [0.717, 1.165) is 5.56 Å². The molecule has 0 saturated carbocycles. The number of carbonyl (C=O) groups is 1. The van der Waals surface area contributed by atoms with Crippen molar-refractivity contribution in [1.82, 2.24) is 0 Å². The Morgan fingerprint density at radius 3 is 2.30 bits per heavy atom. The molecule has 122 valence electrons. The normalized spacial score (nSPS) is 12.8. The molecule has 2 rings (SSSR count). The summed E-state index contributed by atoms with van der Waals surface area (Å²) in [5.41, 5.74) is 6.83. The molecule has 2 aromatic rings. The van der Waals surface area contributed by atoms with Crippen LogP contribution in [0.1, 0.15) is 29.2 Å². The van der Waals surface area contributed by atoms with Gasteiger partial charge in [0.2, 0.25) is 5.91 Å². The Kier molecular flexibility index (Phi) is 5.59. The lowest BCUT2D eigenvalue weighted by Crippen LogP contribution is -2.18. The van der Waals surface area contributed by atoms with Crippen molar-refractivity contribution in [2.45, 2.75) is 29.9 Å². The van der Waals surface area contributed by atoms with Crippen LogP contribution in [0.15, 0.2) is 57.9 Å². The zero-order chi connectivity index (χ0) is 17.0. The second kappa shape index (κ2) is 7.27. The van der Waals surface area contributed by atoms with Gasteiger partial charge in [-0.15, -0.1) is 0 Å². The first-order valence-corrected chi connectivity index (χ1v) is 9.49. The number of benzene rings is 2. The van der Waals surface area contributed by atoms with Crippen LogP contribution >= 0.6 is 15.9 Å². The van der Waals surface area contributed by atoms with Gasteiger partial charge in [-0.3, -0.25) is 4.79 Å². The molecule has 0 fully saturated rings. The number of halogens is 1. The van der Waals surface area contributed by atoms with Gasteiger partial charge in [0, 0.05) is 10.9 Å². The van der Waals surface area contributed by atoms with Gasteiger partial charge in [-0.2, -0.15) is 0 Å². The molecule has 1 unspecified atom stereocenters. The number of sulfone groups is 1. The lowest BCUT2D eigenvalue weighted by Gasteiger charge is -2.19.